The van der Waals surface area contributed by atoms with Crippen molar-refractivity contribution >= 4 is 35.8 Å². The van der Waals surface area contributed by atoms with Gasteiger partial charge in [0.05, 0.1) is 11.5 Å². The first kappa shape index (κ1) is 28.8. The summed E-state index contributed by atoms with van der Waals surface area (Å²) in [6.07, 6.45) is 1.18. The molecule has 0 radical (unpaired) electrons. The first-order chi connectivity index (χ1) is 18.5. The molecule has 9 nitrogen and oxygen atoms in total. The summed E-state index contributed by atoms with van der Waals surface area (Å²) >= 11 is 6.60. The van der Waals surface area contributed by atoms with Crippen molar-refractivity contribution in [2.24, 2.45) is 5.92 Å². The second kappa shape index (κ2) is 11.5. The number of hydrogen-bond acceptors (Lipinski definition) is 7. The van der Waals surface area contributed by atoms with Crippen molar-refractivity contribution in [2.45, 2.75) is 89.5 Å². The number of imide groups is 1. The van der Waals surface area contributed by atoms with Crippen LogP contribution < -0.4 is 10.6 Å². The summed E-state index contributed by atoms with van der Waals surface area (Å²) < 4.78 is 39.4. The van der Waals surface area contributed by atoms with Crippen molar-refractivity contribution < 1.29 is 32.0 Å². The van der Waals surface area contributed by atoms with Gasteiger partial charge >= 0.3 is 12.2 Å². The minimum absolute atomic E-state index is 0.106. The van der Waals surface area contributed by atoms with Crippen LogP contribution in [0.2, 0.25) is 5.02 Å². The molecule has 2 N–H and O–H groups in total. The van der Waals surface area contributed by atoms with Crippen LogP contribution in [0.1, 0.15) is 86.2 Å². The molecular weight excluding hydrogens is 539 g/mol. The number of aromatic nitrogens is 2. The van der Waals surface area contributed by atoms with Crippen LogP contribution in [0.4, 0.5) is 19.2 Å². The fourth-order valence-corrected chi connectivity index (χ4v) is 4.78. The lowest BCUT2D eigenvalue weighted by molar-refractivity contribution is -0.147. The van der Waals surface area contributed by atoms with E-state index in [0.717, 1.165) is 36.8 Å². The van der Waals surface area contributed by atoms with Crippen LogP contribution in [0, 0.1) is 5.92 Å². The monoisotopic (exact) mass is 569 g/mol. The Morgan fingerprint density at radius 2 is 2.03 bits per heavy atom. The molecule has 2 aromatic rings. The summed E-state index contributed by atoms with van der Waals surface area (Å²) in [5.74, 6) is -0.820. The molecule has 3 aliphatic rings. The third-order valence-corrected chi connectivity index (χ3v) is 7.51. The Morgan fingerprint density at radius 1 is 1.31 bits per heavy atom. The highest BCUT2D eigenvalue weighted by Crippen LogP contribution is 2.50. The molecule has 1 unspecified atom stereocenters. The molecule has 1 aromatic carbocycles. The average molecular weight is 570 g/mol. The van der Waals surface area contributed by atoms with E-state index in [1.54, 1.807) is 4.90 Å². The summed E-state index contributed by atoms with van der Waals surface area (Å²) in [4.78, 5) is 36.8. The Bertz CT molecular complexity index is 1230. The van der Waals surface area contributed by atoms with Crippen molar-refractivity contribution in [1.29, 1.82) is 0 Å². The normalized spacial score (nSPS) is 18.1. The molecule has 0 bridgehead atoms. The van der Waals surface area contributed by atoms with Gasteiger partial charge in [-0.1, -0.05) is 23.6 Å². The van der Waals surface area contributed by atoms with Gasteiger partial charge in [0, 0.05) is 41.6 Å². The summed E-state index contributed by atoms with van der Waals surface area (Å²) in [6.45, 7) is 4.34. The lowest BCUT2D eigenvalue weighted by Gasteiger charge is -2.24. The van der Waals surface area contributed by atoms with Crippen LogP contribution in [0.5, 0.6) is 0 Å². The maximum Gasteiger partial charge on any atom is 0.391 e. The molecule has 1 aliphatic heterocycles. The van der Waals surface area contributed by atoms with E-state index in [4.69, 9.17) is 16.0 Å². The zero-order valence-corrected chi connectivity index (χ0v) is 22.5. The van der Waals surface area contributed by atoms with E-state index in [0.29, 0.717) is 54.7 Å². The number of hydrogen-bond donors (Lipinski definition) is 2. The minimum atomic E-state index is -3.89. The van der Waals surface area contributed by atoms with Crippen LogP contribution in [-0.2, 0) is 28.1 Å². The SMILES string of the molecule is CCCc1nnc(NC2(c3cc(Cl)c4c(c3)C(=O)N(C(C)CCC(=O)NC=O)C4)CC2)o1.FC(F)(F)C1CC1. The van der Waals surface area contributed by atoms with Crippen molar-refractivity contribution in [3.8, 4) is 0 Å². The molecule has 2 fully saturated rings. The van der Waals surface area contributed by atoms with E-state index in [1.807, 2.05) is 26.0 Å². The number of carbonyl (C=O) groups excluding carboxylic acids is 3. The van der Waals surface area contributed by atoms with Gasteiger partial charge in [-0.25, -0.2) is 0 Å². The predicted octanol–water partition coefficient (Wildman–Crippen LogP) is 5.13. The molecule has 3 amide bonds. The molecule has 0 spiro atoms. The number of benzene rings is 1. The van der Waals surface area contributed by atoms with Gasteiger partial charge in [0.15, 0.2) is 0 Å². The smallest absolute Gasteiger partial charge is 0.391 e. The number of rotatable bonds is 10. The van der Waals surface area contributed by atoms with Gasteiger partial charge in [-0.2, -0.15) is 13.2 Å². The number of halogens is 4. The summed E-state index contributed by atoms with van der Waals surface area (Å²) in [7, 11) is 0. The zero-order chi connectivity index (χ0) is 28.4. The van der Waals surface area contributed by atoms with Gasteiger partial charge < -0.3 is 14.6 Å². The summed E-state index contributed by atoms with van der Waals surface area (Å²) in [6, 6.07) is 4.01. The van der Waals surface area contributed by atoms with Crippen LogP contribution >= 0.6 is 11.6 Å². The number of carbonyl (C=O) groups is 3. The Morgan fingerprint density at radius 3 is 2.59 bits per heavy atom. The van der Waals surface area contributed by atoms with Crippen molar-refractivity contribution in [3.63, 3.8) is 0 Å². The van der Waals surface area contributed by atoms with Crippen molar-refractivity contribution in [3.05, 3.63) is 39.7 Å². The fourth-order valence-electron chi connectivity index (χ4n) is 4.50. The molecule has 212 valence electrons. The van der Waals surface area contributed by atoms with E-state index >= 15 is 0 Å². The number of nitrogens with one attached hydrogen (secondary N) is 2. The van der Waals surface area contributed by atoms with Gasteiger partial charge in [0.1, 0.15) is 0 Å². The summed E-state index contributed by atoms with van der Waals surface area (Å²) in [5, 5.41) is 14.1. The molecular formula is C26H31ClF3N5O4. The molecule has 13 heteroatoms. The zero-order valence-electron chi connectivity index (χ0n) is 21.7. The Hall–Kier alpha value is -3.15. The number of amides is 3. The molecule has 1 aromatic heterocycles. The van der Waals surface area contributed by atoms with Gasteiger partial charge in [-0.15, -0.1) is 5.10 Å². The van der Waals surface area contributed by atoms with Crippen LogP contribution in [0.15, 0.2) is 16.5 Å². The quantitative estimate of drug-likeness (QED) is 0.381. The molecule has 2 heterocycles. The van der Waals surface area contributed by atoms with Gasteiger partial charge in [0.2, 0.25) is 18.2 Å². The number of anilines is 1. The van der Waals surface area contributed by atoms with Gasteiger partial charge in [-0.05, 0) is 63.1 Å². The first-order valence-corrected chi connectivity index (χ1v) is 13.4. The van der Waals surface area contributed by atoms with E-state index < -0.39 is 12.1 Å². The molecule has 1 atom stereocenters. The molecule has 2 aliphatic carbocycles. The number of nitrogens with zero attached hydrogens (tertiary/aromatic N) is 3. The van der Waals surface area contributed by atoms with E-state index in [1.165, 1.54) is 0 Å². The highest BCUT2D eigenvalue weighted by atomic mass is 35.5. The molecule has 5 rings (SSSR count). The van der Waals surface area contributed by atoms with Crippen LogP contribution in [0.3, 0.4) is 0 Å². The largest absolute Gasteiger partial charge is 0.408 e. The van der Waals surface area contributed by atoms with Gasteiger partial charge in [0.25, 0.3) is 5.91 Å². The molecule has 39 heavy (non-hydrogen) atoms. The minimum Gasteiger partial charge on any atom is -0.408 e. The van der Waals surface area contributed by atoms with E-state index in [-0.39, 0.29) is 29.8 Å². The fraction of sp³-hybridized carbons (Fsp3) is 0.577. The molecule has 0 saturated heterocycles. The summed E-state index contributed by atoms with van der Waals surface area (Å²) in [5.41, 5.74) is 1.93. The lowest BCUT2D eigenvalue weighted by Crippen LogP contribution is -2.34. The van der Waals surface area contributed by atoms with E-state index in [9.17, 15) is 27.6 Å². The first-order valence-electron chi connectivity index (χ1n) is 13.0. The third kappa shape index (κ3) is 6.90. The highest BCUT2D eigenvalue weighted by Gasteiger charge is 2.48. The predicted molar refractivity (Wildman–Crippen MR) is 136 cm³/mol. The Kier molecular flexibility index (Phi) is 8.53. The van der Waals surface area contributed by atoms with Crippen molar-refractivity contribution in [1.82, 2.24) is 20.4 Å². The Balaban J connectivity index is 0.000000438. The lowest BCUT2D eigenvalue weighted by atomic mass is 9.99. The second-order valence-corrected chi connectivity index (χ2v) is 10.7. The van der Waals surface area contributed by atoms with Crippen molar-refractivity contribution in [2.75, 3.05) is 5.32 Å². The van der Waals surface area contributed by atoms with Crippen LogP contribution in [0.25, 0.3) is 0 Å². The number of alkyl halides is 3. The second-order valence-electron chi connectivity index (χ2n) is 10.3. The Labute approximate surface area is 228 Å². The average Bonchev–Trinajstić information content (AvgIpc) is 3.79. The highest BCUT2D eigenvalue weighted by molar-refractivity contribution is 6.32. The topological polar surface area (TPSA) is 117 Å². The number of aryl methyl sites for hydroxylation is 1. The maximum atomic E-state index is 13.1. The van der Waals surface area contributed by atoms with Crippen LogP contribution in [-0.4, -0.2) is 45.5 Å². The maximum absolute atomic E-state index is 13.1. The number of fused-ring (bicyclic) bond motifs is 1. The van der Waals surface area contributed by atoms with Gasteiger partial charge in [-0.3, -0.25) is 19.7 Å². The van der Waals surface area contributed by atoms with E-state index in [2.05, 4.69) is 20.8 Å². The third-order valence-electron chi connectivity index (χ3n) is 7.18. The standard InChI is InChI=1S/C22H26ClN5O4.C4H5F3/c1-3-4-19-26-27-21(32-19)25-22(7-8-22)14-9-15-16(17(23)10-14)11-28(20(15)31)13(2)5-6-18(30)24-12-29;5-4(6,7)3-1-2-3/h9-10,12-13H,3-8,11H2,1-2H3,(H,25,27)(H,24,29,30);3H,1-2H2. The molecule has 2 saturated carbocycles.